The molecule has 47 heavy (non-hydrogen) atoms. The van der Waals surface area contributed by atoms with Gasteiger partial charge in [0.05, 0.1) is 77.0 Å². The van der Waals surface area contributed by atoms with Crippen molar-refractivity contribution in [1.29, 1.82) is 0 Å². The Kier molecular flexibility index (Phi) is 11.9. The number of ether oxygens (including phenoxy) is 8. The molecule has 4 fully saturated rings. The van der Waals surface area contributed by atoms with E-state index in [1.54, 1.807) is 0 Å². The summed E-state index contributed by atoms with van der Waals surface area (Å²) in [5.41, 5.74) is 0. The van der Waals surface area contributed by atoms with Gasteiger partial charge in [-0.1, -0.05) is 0 Å². The Morgan fingerprint density at radius 1 is 0.511 bits per heavy atom. The third-order valence-corrected chi connectivity index (χ3v) is 8.95. The molecule has 0 amide bonds. The van der Waals surface area contributed by atoms with Gasteiger partial charge in [0.1, 0.15) is 0 Å². The highest BCUT2D eigenvalue weighted by Gasteiger charge is 2.39. The van der Waals surface area contributed by atoms with Crippen LogP contribution in [0.5, 0.6) is 0 Å². The second-order valence-corrected chi connectivity index (χ2v) is 14.6. The van der Waals surface area contributed by atoms with Gasteiger partial charge in [0.15, 0.2) is 23.1 Å². The van der Waals surface area contributed by atoms with E-state index in [9.17, 15) is 0 Å². The average molecular weight is 688 g/mol. The van der Waals surface area contributed by atoms with E-state index in [-0.39, 0.29) is 29.5 Å². The molecule has 4 saturated heterocycles. The minimum atomic E-state index is -0.603. The second-order valence-electron chi connectivity index (χ2n) is 14.3. The van der Waals surface area contributed by atoms with Crippen LogP contribution in [-0.2, 0) is 37.9 Å². The largest absolute Gasteiger partial charge is 0.353 e. The van der Waals surface area contributed by atoms with Gasteiger partial charge in [-0.15, -0.1) is 0 Å². The van der Waals surface area contributed by atoms with Crippen molar-refractivity contribution < 1.29 is 37.9 Å². The third kappa shape index (κ3) is 10.7. The summed E-state index contributed by atoms with van der Waals surface area (Å²) in [5.74, 6) is -1.65. The van der Waals surface area contributed by atoms with Gasteiger partial charge in [0.2, 0.25) is 17.2 Å². The highest BCUT2D eigenvalue weighted by Crippen LogP contribution is 2.27. The smallest absolute Gasteiger partial charge is 0.228 e. The molecule has 0 saturated carbocycles. The van der Waals surface area contributed by atoms with E-state index < -0.39 is 23.1 Å². The molecule has 0 bridgehead atoms. The summed E-state index contributed by atoms with van der Waals surface area (Å²) in [4.78, 5) is 17.8. The fourth-order valence-electron chi connectivity index (χ4n) is 5.93. The molecule has 0 spiro atoms. The van der Waals surface area contributed by atoms with Gasteiger partial charge >= 0.3 is 0 Å². The quantitative estimate of drug-likeness (QED) is 0.332. The van der Waals surface area contributed by atoms with Crippen LogP contribution in [0.15, 0.2) is 0 Å². The topological polar surface area (TPSA) is 143 Å². The minimum absolute atomic E-state index is 0.0439. The number of nitrogens with zero attached hydrogens (tertiary/aromatic N) is 5. The Labute approximate surface area is 283 Å². The fourth-order valence-corrected chi connectivity index (χ4v) is 6.09. The molecular formula is C31H54ClN7O8. The number of hydrogen-bond acceptors (Lipinski definition) is 15. The van der Waals surface area contributed by atoms with Crippen molar-refractivity contribution >= 4 is 23.5 Å². The number of anilines is 2. The van der Waals surface area contributed by atoms with Gasteiger partial charge in [-0.3, -0.25) is 9.80 Å². The lowest BCUT2D eigenvalue weighted by molar-refractivity contribution is -0.288. The van der Waals surface area contributed by atoms with Crippen LogP contribution in [0.1, 0.15) is 55.4 Å². The standard InChI is InChI=1S/C31H54ClN7O8/c1-28(2)40-13-21(14-41-28)38(22-15-42-29(3,4)43-16-22)11-9-33-26-35-25(32)36-27(37-26)34-10-12-39(23-17-44-30(5,6)45-18-23)24-19-46-31(7,8)47-20-24/h21-24H,9-20H2,1-8H3,(H2,33,34,35,36,37). The molecule has 5 heterocycles. The van der Waals surface area contributed by atoms with Crippen molar-refractivity contribution in [3.05, 3.63) is 5.28 Å². The summed E-state index contributed by atoms with van der Waals surface area (Å²) in [6, 6.07) is 0.176. The number of nitrogens with one attached hydrogen (secondary N) is 2. The predicted molar refractivity (Wildman–Crippen MR) is 174 cm³/mol. The van der Waals surface area contributed by atoms with E-state index in [0.717, 1.165) is 0 Å². The first-order valence-electron chi connectivity index (χ1n) is 16.6. The molecule has 0 radical (unpaired) electrons. The van der Waals surface area contributed by atoms with Crippen molar-refractivity contribution in [1.82, 2.24) is 24.8 Å². The number of hydrogen-bond donors (Lipinski definition) is 2. The van der Waals surface area contributed by atoms with Gasteiger partial charge < -0.3 is 48.5 Å². The molecule has 1 aromatic rings. The van der Waals surface area contributed by atoms with Crippen LogP contribution in [-0.4, -0.2) is 151 Å². The number of halogens is 1. The van der Waals surface area contributed by atoms with E-state index >= 15 is 0 Å². The van der Waals surface area contributed by atoms with E-state index in [4.69, 9.17) is 49.5 Å². The predicted octanol–water partition coefficient (Wildman–Crippen LogP) is 2.56. The van der Waals surface area contributed by atoms with E-state index in [0.29, 0.717) is 90.9 Å². The van der Waals surface area contributed by atoms with Crippen LogP contribution in [0.3, 0.4) is 0 Å². The van der Waals surface area contributed by atoms with Gasteiger partial charge in [0, 0.05) is 26.2 Å². The van der Waals surface area contributed by atoms with Crippen LogP contribution < -0.4 is 10.6 Å². The molecule has 4 aliphatic rings. The Bertz CT molecular complexity index is 998. The first kappa shape index (κ1) is 36.8. The Hall–Kier alpha value is -1.50. The highest BCUT2D eigenvalue weighted by molar-refractivity contribution is 6.28. The summed E-state index contributed by atoms with van der Waals surface area (Å²) in [6.07, 6.45) is 0. The zero-order valence-electron chi connectivity index (χ0n) is 29.2. The molecule has 5 rings (SSSR count). The first-order valence-corrected chi connectivity index (χ1v) is 17.0. The lowest BCUT2D eigenvalue weighted by atomic mass is 10.1. The van der Waals surface area contributed by atoms with Crippen molar-refractivity contribution in [3.8, 4) is 0 Å². The summed E-state index contributed by atoms with van der Waals surface area (Å²) in [6.45, 7) is 22.2. The lowest BCUT2D eigenvalue weighted by Gasteiger charge is -2.46. The van der Waals surface area contributed by atoms with E-state index in [1.807, 2.05) is 55.4 Å². The maximum absolute atomic E-state index is 6.33. The zero-order chi connectivity index (χ0) is 33.9. The third-order valence-electron chi connectivity index (χ3n) is 8.78. The van der Waals surface area contributed by atoms with Gasteiger partial charge in [-0.2, -0.15) is 15.0 Å². The highest BCUT2D eigenvalue weighted by atomic mass is 35.5. The maximum Gasteiger partial charge on any atom is 0.228 e. The summed E-state index contributed by atoms with van der Waals surface area (Å²) in [7, 11) is 0. The molecule has 0 unspecified atom stereocenters. The Morgan fingerprint density at radius 2 is 0.766 bits per heavy atom. The number of aromatic nitrogens is 3. The minimum Gasteiger partial charge on any atom is -0.353 e. The fraction of sp³-hybridized carbons (Fsp3) is 0.903. The first-order chi connectivity index (χ1) is 22.1. The number of rotatable bonds is 12. The van der Waals surface area contributed by atoms with Crippen LogP contribution >= 0.6 is 11.6 Å². The molecule has 0 atom stereocenters. The normalized spacial score (nSPS) is 25.7. The average Bonchev–Trinajstić information content (AvgIpc) is 2.99. The van der Waals surface area contributed by atoms with Crippen LogP contribution in [0.25, 0.3) is 0 Å². The molecule has 15 nitrogen and oxygen atoms in total. The molecule has 2 N–H and O–H groups in total. The van der Waals surface area contributed by atoms with E-state index in [1.165, 1.54) is 0 Å². The Morgan fingerprint density at radius 3 is 1.02 bits per heavy atom. The van der Waals surface area contributed by atoms with Crippen molar-refractivity contribution in [2.45, 2.75) is 103 Å². The summed E-state index contributed by atoms with van der Waals surface area (Å²) in [5, 5.41) is 6.73. The maximum atomic E-state index is 6.33. The van der Waals surface area contributed by atoms with Crippen LogP contribution in [0.4, 0.5) is 11.9 Å². The van der Waals surface area contributed by atoms with Gasteiger partial charge in [-0.25, -0.2) is 0 Å². The SMILES string of the molecule is CC1(C)OCC(N(CCNc2nc(Cl)nc(NCCN(C3COC(C)(C)OC3)C3COC(C)(C)OC3)n2)C2COC(C)(C)OC2)CO1. The van der Waals surface area contributed by atoms with Crippen LogP contribution in [0.2, 0.25) is 5.28 Å². The van der Waals surface area contributed by atoms with E-state index in [2.05, 4.69) is 35.4 Å². The Balaban J connectivity index is 1.17. The lowest BCUT2D eigenvalue weighted by Crippen LogP contribution is -2.59. The molecular weight excluding hydrogens is 634 g/mol. The van der Waals surface area contributed by atoms with Gasteiger partial charge in [-0.05, 0) is 67.0 Å². The molecule has 268 valence electrons. The van der Waals surface area contributed by atoms with Crippen molar-refractivity contribution in [3.63, 3.8) is 0 Å². The zero-order valence-corrected chi connectivity index (χ0v) is 29.9. The molecule has 4 aliphatic heterocycles. The summed E-state index contributed by atoms with van der Waals surface area (Å²) < 4.78 is 47.8. The second kappa shape index (κ2) is 15.2. The van der Waals surface area contributed by atoms with Gasteiger partial charge in [0.25, 0.3) is 0 Å². The van der Waals surface area contributed by atoms with Crippen LogP contribution in [0, 0.1) is 0 Å². The van der Waals surface area contributed by atoms with Crippen molar-refractivity contribution in [2.24, 2.45) is 0 Å². The molecule has 16 heteroatoms. The molecule has 0 aromatic carbocycles. The monoisotopic (exact) mass is 687 g/mol. The molecule has 0 aliphatic carbocycles. The summed E-state index contributed by atoms with van der Waals surface area (Å²) >= 11 is 6.33. The molecule has 1 aromatic heterocycles. The van der Waals surface area contributed by atoms with Crippen molar-refractivity contribution in [2.75, 3.05) is 89.7 Å².